The van der Waals surface area contributed by atoms with Gasteiger partial charge in [-0.2, -0.15) is 0 Å². The monoisotopic (exact) mass is 270 g/mol. The van der Waals surface area contributed by atoms with Gasteiger partial charge in [-0.15, -0.1) is 0 Å². The Morgan fingerprint density at radius 3 is 2.67 bits per heavy atom. The largest absolute Gasteiger partial charge is 0.481 e. The molecule has 0 fully saturated rings. The molecule has 1 amide bonds. The van der Waals surface area contributed by atoms with E-state index < -0.39 is 5.97 Å². The molecular weight excluding hydrogens is 256 g/mol. The van der Waals surface area contributed by atoms with Gasteiger partial charge in [-0.3, -0.25) is 9.59 Å². The number of hydrogen-bond acceptors (Lipinski definition) is 3. The van der Waals surface area contributed by atoms with Crippen LogP contribution in [0.1, 0.15) is 30.6 Å². The fraction of sp³-hybridized carbons (Fsp3) is 0.417. The van der Waals surface area contributed by atoms with Crippen LogP contribution >= 0.6 is 11.6 Å². The quantitative estimate of drug-likeness (QED) is 0.832. The summed E-state index contributed by atoms with van der Waals surface area (Å²) >= 11 is 5.72. The molecule has 0 aliphatic rings. The molecule has 5 nitrogen and oxygen atoms in total. The first-order chi connectivity index (χ1) is 8.41. The molecule has 98 valence electrons. The van der Waals surface area contributed by atoms with Crippen LogP contribution in [-0.2, 0) is 4.79 Å². The number of amides is 1. The number of nitrogens with zero attached hydrogens (tertiary/aromatic N) is 2. The molecule has 0 aromatic carbocycles. The van der Waals surface area contributed by atoms with Gasteiger partial charge in [-0.1, -0.05) is 11.6 Å². The van der Waals surface area contributed by atoms with E-state index in [0.717, 1.165) is 0 Å². The van der Waals surface area contributed by atoms with Gasteiger partial charge >= 0.3 is 5.97 Å². The fourth-order valence-electron chi connectivity index (χ4n) is 1.51. The molecule has 1 aromatic heterocycles. The molecule has 1 heterocycles. The second-order valence-corrected chi connectivity index (χ2v) is 4.49. The molecule has 0 aliphatic heterocycles. The van der Waals surface area contributed by atoms with Gasteiger partial charge in [0, 0.05) is 24.3 Å². The van der Waals surface area contributed by atoms with Crippen LogP contribution < -0.4 is 0 Å². The second kappa shape index (κ2) is 6.35. The summed E-state index contributed by atoms with van der Waals surface area (Å²) in [6.45, 7) is 3.84. The summed E-state index contributed by atoms with van der Waals surface area (Å²) < 4.78 is 0. The van der Waals surface area contributed by atoms with Crippen molar-refractivity contribution in [3.05, 3.63) is 29.0 Å². The van der Waals surface area contributed by atoms with Crippen molar-refractivity contribution in [1.29, 1.82) is 0 Å². The molecule has 0 bridgehead atoms. The third-order valence-corrected chi connectivity index (χ3v) is 2.63. The minimum absolute atomic E-state index is 0.0798. The molecule has 18 heavy (non-hydrogen) atoms. The standard InChI is InChI=1S/C12H15ClN2O3/c1-8(2)15(6-4-11(16)17)12(18)9-3-5-14-10(13)7-9/h3,5,7-8H,4,6H2,1-2H3,(H,16,17). The number of halogens is 1. The zero-order valence-corrected chi connectivity index (χ0v) is 11.0. The van der Waals surface area contributed by atoms with Crippen LogP contribution in [0.2, 0.25) is 5.15 Å². The van der Waals surface area contributed by atoms with Gasteiger partial charge in [0.05, 0.1) is 6.42 Å². The van der Waals surface area contributed by atoms with Crippen molar-refractivity contribution in [2.45, 2.75) is 26.3 Å². The highest BCUT2D eigenvalue weighted by molar-refractivity contribution is 6.29. The van der Waals surface area contributed by atoms with Crippen molar-refractivity contribution in [2.75, 3.05) is 6.54 Å². The Bertz CT molecular complexity index is 449. The molecule has 0 saturated carbocycles. The molecule has 1 rings (SSSR count). The maximum atomic E-state index is 12.2. The summed E-state index contributed by atoms with van der Waals surface area (Å²) in [4.78, 5) is 28.1. The predicted molar refractivity (Wildman–Crippen MR) is 67.7 cm³/mol. The lowest BCUT2D eigenvalue weighted by atomic mass is 10.2. The van der Waals surface area contributed by atoms with Gasteiger partial charge in [-0.05, 0) is 26.0 Å². The van der Waals surface area contributed by atoms with Crippen molar-refractivity contribution >= 4 is 23.5 Å². The summed E-state index contributed by atoms with van der Waals surface area (Å²) in [7, 11) is 0. The fourth-order valence-corrected chi connectivity index (χ4v) is 1.69. The van der Waals surface area contributed by atoms with Crippen molar-refractivity contribution in [1.82, 2.24) is 9.88 Å². The van der Waals surface area contributed by atoms with Crippen LogP contribution in [0.4, 0.5) is 0 Å². The lowest BCUT2D eigenvalue weighted by molar-refractivity contribution is -0.137. The third kappa shape index (κ3) is 4.00. The van der Waals surface area contributed by atoms with E-state index in [-0.39, 0.29) is 30.1 Å². The van der Waals surface area contributed by atoms with Gasteiger partial charge in [0.25, 0.3) is 5.91 Å². The minimum Gasteiger partial charge on any atom is -0.481 e. The highest BCUT2D eigenvalue weighted by Crippen LogP contribution is 2.12. The number of rotatable bonds is 5. The Labute approximate surface area is 110 Å². The van der Waals surface area contributed by atoms with E-state index in [1.54, 1.807) is 6.07 Å². The summed E-state index contributed by atoms with van der Waals surface area (Å²) in [5.41, 5.74) is 0.411. The number of aliphatic carboxylic acids is 1. The lowest BCUT2D eigenvalue weighted by Gasteiger charge is -2.26. The van der Waals surface area contributed by atoms with E-state index >= 15 is 0 Å². The number of hydrogen-bond donors (Lipinski definition) is 1. The van der Waals surface area contributed by atoms with Gasteiger partial charge in [0.1, 0.15) is 5.15 Å². The Balaban J connectivity index is 2.85. The second-order valence-electron chi connectivity index (χ2n) is 4.10. The van der Waals surface area contributed by atoms with E-state index in [4.69, 9.17) is 16.7 Å². The highest BCUT2D eigenvalue weighted by atomic mass is 35.5. The zero-order valence-electron chi connectivity index (χ0n) is 10.3. The van der Waals surface area contributed by atoms with Gasteiger partial charge in [0.2, 0.25) is 0 Å². The van der Waals surface area contributed by atoms with Crippen molar-refractivity contribution in [3.8, 4) is 0 Å². The topological polar surface area (TPSA) is 70.5 Å². The number of carboxylic acid groups (broad SMARTS) is 1. The Morgan fingerprint density at radius 2 is 2.17 bits per heavy atom. The van der Waals surface area contributed by atoms with Crippen LogP contribution in [0, 0.1) is 0 Å². The Hall–Kier alpha value is -1.62. The minimum atomic E-state index is -0.929. The first-order valence-corrected chi connectivity index (χ1v) is 5.94. The normalized spacial score (nSPS) is 10.4. The molecule has 0 atom stereocenters. The van der Waals surface area contributed by atoms with E-state index in [1.807, 2.05) is 13.8 Å². The average molecular weight is 271 g/mol. The molecule has 1 N–H and O–H groups in total. The average Bonchev–Trinajstić information content (AvgIpc) is 2.28. The van der Waals surface area contributed by atoms with E-state index in [9.17, 15) is 9.59 Å². The van der Waals surface area contributed by atoms with E-state index in [0.29, 0.717) is 5.56 Å². The van der Waals surface area contributed by atoms with Gasteiger partial charge in [-0.25, -0.2) is 4.98 Å². The van der Waals surface area contributed by atoms with Gasteiger partial charge in [0.15, 0.2) is 0 Å². The van der Waals surface area contributed by atoms with Crippen LogP contribution in [0.5, 0.6) is 0 Å². The van der Waals surface area contributed by atoms with Crippen LogP contribution in [-0.4, -0.2) is 39.5 Å². The van der Waals surface area contributed by atoms with Crippen LogP contribution in [0.3, 0.4) is 0 Å². The number of carbonyl (C=O) groups is 2. The SMILES string of the molecule is CC(C)N(CCC(=O)O)C(=O)c1ccnc(Cl)c1. The van der Waals surface area contributed by atoms with Crippen molar-refractivity contribution in [2.24, 2.45) is 0 Å². The number of carbonyl (C=O) groups excluding carboxylic acids is 1. The molecule has 6 heteroatoms. The highest BCUT2D eigenvalue weighted by Gasteiger charge is 2.19. The number of carboxylic acids is 1. The molecule has 0 aliphatic carbocycles. The maximum absolute atomic E-state index is 12.2. The first kappa shape index (κ1) is 14.4. The van der Waals surface area contributed by atoms with Gasteiger partial charge < -0.3 is 10.0 Å². The summed E-state index contributed by atoms with van der Waals surface area (Å²) in [5.74, 6) is -1.17. The Kier molecular flexibility index (Phi) is 5.09. The number of aromatic nitrogens is 1. The molecule has 0 radical (unpaired) electrons. The summed E-state index contributed by atoms with van der Waals surface area (Å²) in [6.07, 6.45) is 1.37. The lowest BCUT2D eigenvalue weighted by Crippen LogP contribution is -2.38. The predicted octanol–water partition coefficient (Wildman–Crippen LogP) is 2.06. The molecular formula is C12H15ClN2O3. The molecule has 0 unspecified atom stereocenters. The Morgan fingerprint density at radius 1 is 1.50 bits per heavy atom. The smallest absolute Gasteiger partial charge is 0.305 e. The van der Waals surface area contributed by atoms with Crippen LogP contribution in [0.15, 0.2) is 18.3 Å². The van der Waals surface area contributed by atoms with Crippen molar-refractivity contribution in [3.63, 3.8) is 0 Å². The van der Waals surface area contributed by atoms with Crippen molar-refractivity contribution < 1.29 is 14.7 Å². The number of pyridine rings is 1. The summed E-state index contributed by atoms with van der Waals surface area (Å²) in [5, 5.41) is 8.91. The molecule has 0 spiro atoms. The maximum Gasteiger partial charge on any atom is 0.305 e. The molecule has 0 saturated heterocycles. The zero-order chi connectivity index (χ0) is 13.7. The van der Waals surface area contributed by atoms with E-state index in [1.165, 1.54) is 17.2 Å². The first-order valence-electron chi connectivity index (χ1n) is 5.56. The van der Waals surface area contributed by atoms with E-state index in [2.05, 4.69) is 4.98 Å². The summed E-state index contributed by atoms with van der Waals surface area (Å²) in [6, 6.07) is 2.95. The third-order valence-electron chi connectivity index (χ3n) is 2.42. The molecule has 1 aromatic rings. The van der Waals surface area contributed by atoms with Crippen LogP contribution in [0.25, 0.3) is 0 Å².